The van der Waals surface area contributed by atoms with Gasteiger partial charge < -0.3 is 14.5 Å². The van der Waals surface area contributed by atoms with Gasteiger partial charge in [0.1, 0.15) is 11.5 Å². The van der Waals surface area contributed by atoms with Crippen molar-refractivity contribution in [2.24, 2.45) is 0 Å². The van der Waals surface area contributed by atoms with E-state index in [1.807, 2.05) is 25.1 Å². The van der Waals surface area contributed by atoms with E-state index in [1.54, 1.807) is 14.2 Å². The highest BCUT2D eigenvalue weighted by atomic mass is 16.5. The number of benzene rings is 1. The Morgan fingerprint density at radius 2 is 2.05 bits per heavy atom. The summed E-state index contributed by atoms with van der Waals surface area (Å²) in [5, 5.41) is 0. The maximum Gasteiger partial charge on any atom is 0.254 e. The Morgan fingerprint density at radius 1 is 1.25 bits per heavy atom. The first kappa shape index (κ1) is 14.1. The molecule has 0 fully saturated rings. The zero-order chi connectivity index (χ0) is 14.5. The van der Waals surface area contributed by atoms with Gasteiger partial charge in [0, 0.05) is 11.1 Å². The number of methoxy groups -OCH3 is 2. The molecule has 1 N–H and O–H groups in total. The van der Waals surface area contributed by atoms with Gasteiger partial charge >= 0.3 is 0 Å². The van der Waals surface area contributed by atoms with E-state index < -0.39 is 0 Å². The molecule has 0 unspecified atom stereocenters. The fourth-order valence-corrected chi connectivity index (χ4v) is 2.14. The highest BCUT2D eigenvalue weighted by molar-refractivity contribution is 5.71. The Morgan fingerprint density at radius 3 is 2.70 bits per heavy atom. The van der Waals surface area contributed by atoms with E-state index in [-0.39, 0.29) is 5.56 Å². The molecular weight excluding hydrogens is 256 g/mol. The number of ether oxygens (including phenoxy) is 2. The number of nitrogens with zero attached hydrogens (tertiary/aromatic N) is 1. The van der Waals surface area contributed by atoms with Crippen LogP contribution >= 0.6 is 0 Å². The summed E-state index contributed by atoms with van der Waals surface area (Å²) < 4.78 is 10.6. The van der Waals surface area contributed by atoms with Gasteiger partial charge in [-0.25, -0.2) is 4.98 Å². The van der Waals surface area contributed by atoms with Crippen LogP contribution in [0.15, 0.2) is 29.3 Å². The summed E-state index contributed by atoms with van der Waals surface area (Å²) in [6.45, 7) is 2.03. The van der Waals surface area contributed by atoms with Crippen LogP contribution in [0, 0.1) is 0 Å². The molecule has 0 saturated carbocycles. The summed E-state index contributed by atoms with van der Waals surface area (Å²) in [6.07, 6.45) is 2.95. The number of aromatic nitrogens is 2. The lowest BCUT2D eigenvalue weighted by Crippen LogP contribution is -2.15. The van der Waals surface area contributed by atoms with Crippen molar-refractivity contribution in [1.29, 1.82) is 0 Å². The second-order valence-electron chi connectivity index (χ2n) is 4.38. The normalized spacial score (nSPS) is 10.3. The molecule has 20 heavy (non-hydrogen) atoms. The van der Waals surface area contributed by atoms with Crippen molar-refractivity contribution >= 4 is 0 Å². The van der Waals surface area contributed by atoms with Crippen LogP contribution < -0.4 is 15.0 Å². The van der Waals surface area contributed by atoms with Crippen molar-refractivity contribution in [3.05, 3.63) is 40.4 Å². The molecule has 1 aromatic heterocycles. The molecule has 2 rings (SSSR count). The van der Waals surface area contributed by atoms with Crippen molar-refractivity contribution in [2.75, 3.05) is 14.2 Å². The minimum Gasteiger partial charge on any atom is -0.497 e. The molecule has 0 aliphatic heterocycles. The van der Waals surface area contributed by atoms with Gasteiger partial charge in [0.25, 0.3) is 5.56 Å². The summed E-state index contributed by atoms with van der Waals surface area (Å²) in [5.41, 5.74) is 1.97. The molecule has 106 valence electrons. The van der Waals surface area contributed by atoms with Gasteiger partial charge in [-0.05, 0) is 24.6 Å². The molecule has 0 atom stereocenters. The fraction of sp³-hybridized carbons (Fsp3) is 0.333. The molecule has 0 aliphatic rings. The Kier molecular flexibility index (Phi) is 4.40. The Labute approximate surface area is 117 Å². The van der Waals surface area contributed by atoms with Crippen LogP contribution in [0.5, 0.6) is 11.5 Å². The maximum atomic E-state index is 12.0. The Balaban J connectivity index is 2.66. The molecule has 1 heterocycles. The second-order valence-corrected chi connectivity index (χ2v) is 4.38. The molecule has 5 heteroatoms. The molecule has 0 spiro atoms. The SMILES string of the molecule is CCCc1c(-c2cc(OC)ccc2OC)nc[nH]c1=O. The first-order valence-corrected chi connectivity index (χ1v) is 6.50. The zero-order valence-corrected chi connectivity index (χ0v) is 11.9. The van der Waals surface area contributed by atoms with Crippen molar-refractivity contribution in [1.82, 2.24) is 9.97 Å². The predicted octanol–water partition coefficient (Wildman–Crippen LogP) is 2.41. The van der Waals surface area contributed by atoms with Gasteiger partial charge in [-0.15, -0.1) is 0 Å². The van der Waals surface area contributed by atoms with E-state index in [4.69, 9.17) is 9.47 Å². The van der Waals surface area contributed by atoms with Crippen molar-refractivity contribution in [3.8, 4) is 22.8 Å². The quantitative estimate of drug-likeness (QED) is 0.909. The molecule has 0 saturated heterocycles. The third-order valence-electron chi connectivity index (χ3n) is 3.11. The highest BCUT2D eigenvalue weighted by Crippen LogP contribution is 2.33. The van der Waals surface area contributed by atoms with Gasteiger partial charge in [-0.2, -0.15) is 0 Å². The fourth-order valence-electron chi connectivity index (χ4n) is 2.14. The summed E-state index contributed by atoms with van der Waals surface area (Å²) in [7, 11) is 3.20. The largest absolute Gasteiger partial charge is 0.497 e. The third-order valence-corrected chi connectivity index (χ3v) is 3.11. The Hall–Kier alpha value is -2.30. The average molecular weight is 274 g/mol. The molecule has 2 aromatic rings. The van der Waals surface area contributed by atoms with Crippen LogP contribution in [0.1, 0.15) is 18.9 Å². The maximum absolute atomic E-state index is 12.0. The van der Waals surface area contributed by atoms with Gasteiger partial charge in [0.15, 0.2) is 0 Å². The van der Waals surface area contributed by atoms with E-state index in [9.17, 15) is 4.79 Å². The molecule has 5 nitrogen and oxygen atoms in total. The first-order valence-electron chi connectivity index (χ1n) is 6.50. The van der Waals surface area contributed by atoms with Crippen LogP contribution in [-0.2, 0) is 6.42 Å². The highest BCUT2D eigenvalue weighted by Gasteiger charge is 2.15. The molecule has 1 aromatic carbocycles. The summed E-state index contributed by atoms with van der Waals surface area (Å²) >= 11 is 0. The lowest BCUT2D eigenvalue weighted by molar-refractivity contribution is 0.404. The van der Waals surface area contributed by atoms with Gasteiger partial charge in [0.2, 0.25) is 0 Å². The predicted molar refractivity (Wildman–Crippen MR) is 77.4 cm³/mol. The second kappa shape index (κ2) is 6.23. The number of rotatable bonds is 5. The molecule has 0 aliphatic carbocycles. The molecule has 0 radical (unpaired) electrons. The molecule has 0 bridgehead atoms. The number of nitrogens with one attached hydrogen (secondary N) is 1. The average Bonchev–Trinajstić information content (AvgIpc) is 2.49. The lowest BCUT2D eigenvalue weighted by Gasteiger charge is -2.12. The lowest BCUT2D eigenvalue weighted by atomic mass is 10.0. The summed E-state index contributed by atoms with van der Waals surface area (Å²) in [4.78, 5) is 18.9. The zero-order valence-electron chi connectivity index (χ0n) is 11.9. The van der Waals surface area contributed by atoms with Crippen LogP contribution in [0.4, 0.5) is 0 Å². The van der Waals surface area contributed by atoms with E-state index in [1.165, 1.54) is 6.33 Å². The summed E-state index contributed by atoms with van der Waals surface area (Å²) in [6, 6.07) is 5.46. The van der Waals surface area contributed by atoms with Crippen molar-refractivity contribution in [2.45, 2.75) is 19.8 Å². The third kappa shape index (κ3) is 2.66. The topological polar surface area (TPSA) is 64.2 Å². The monoisotopic (exact) mass is 274 g/mol. The van der Waals surface area contributed by atoms with E-state index in [0.29, 0.717) is 29.2 Å². The van der Waals surface area contributed by atoms with Crippen LogP contribution in [0.25, 0.3) is 11.3 Å². The van der Waals surface area contributed by atoms with E-state index in [0.717, 1.165) is 12.0 Å². The van der Waals surface area contributed by atoms with Crippen molar-refractivity contribution < 1.29 is 9.47 Å². The molecular formula is C15H18N2O3. The number of hydrogen-bond donors (Lipinski definition) is 1. The standard InChI is InChI=1S/C15H18N2O3/c1-4-5-11-14(16-9-17-15(11)18)12-8-10(19-2)6-7-13(12)20-3/h6-9H,4-5H2,1-3H3,(H,16,17,18). The van der Waals surface area contributed by atoms with Crippen LogP contribution in [0.2, 0.25) is 0 Å². The van der Waals surface area contributed by atoms with Gasteiger partial charge in [-0.1, -0.05) is 13.3 Å². The first-order chi connectivity index (χ1) is 9.71. The minimum atomic E-state index is -0.110. The van der Waals surface area contributed by atoms with Gasteiger partial charge in [-0.3, -0.25) is 4.79 Å². The number of hydrogen-bond acceptors (Lipinski definition) is 4. The van der Waals surface area contributed by atoms with E-state index in [2.05, 4.69) is 9.97 Å². The minimum absolute atomic E-state index is 0.110. The smallest absolute Gasteiger partial charge is 0.254 e. The van der Waals surface area contributed by atoms with Crippen LogP contribution in [-0.4, -0.2) is 24.2 Å². The number of aromatic amines is 1. The van der Waals surface area contributed by atoms with E-state index >= 15 is 0 Å². The van der Waals surface area contributed by atoms with Crippen LogP contribution in [0.3, 0.4) is 0 Å². The van der Waals surface area contributed by atoms with Crippen molar-refractivity contribution in [3.63, 3.8) is 0 Å². The Bertz CT molecular complexity index is 650. The summed E-state index contributed by atoms with van der Waals surface area (Å²) in [5.74, 6) is 1.37. The molecule has 0 amide bonds. The van der Waals surface area contributed by atoms with Gasteiger partial charge in [0.05, 0.1) is 26.2 Å². The number of H-pyrrole nitrogens is 1.